The fourth-order valence-corrected chi connectivity index (χ4v) is 2.01. The Bertz CT molecular complexity index is 467. The summed E-state index contributed by atoms with van der Waals surface area (Å²) in [6, 6.07) is -0.492. The molecule has 0 heterocycles. The molecule has 3 N–H and O–H groups in total. The molecule has 10 nitrogen and oxygen atoms in total. The van der Waals surface area contributed by atoms with Crippen molar-refractivity contribution in [3.8, 4) is 0 Å². The van der Waals surface area contributed by atoms with Crippen LogP contribution in [0.2, 0.25) is 0 Å². The number of likely N-dealkylation sites (N-methyl/N-ethyl adjacent to an activating group) is 1. The SMILES string of the molecule is CNC(CCC(=O)NCCOCCOCCNC(=O)OC(C)(C)C)C(=O)OC. The Morgan fingerprint density at radius 3 is 2.00 bits per heavy atom. The van der Waals surface area contributed by atoms with E-state index in [0.29, 0.717) is 45.9 Å². The Morgan fingerprint density at radius 1 is 0.929 bits per heavy atom. The predicted molar refractivity (Wildman–Crippen MR) is 103 cm³/mol. The smallest absolute Gasteiger partial charge is 0.407 e. The molecule has 0 rings (SSSR count). The van der Waals surface area contributed by atoms with Crippen LogP contribution in [0.5, 0.6) is 0 Å². The highest BCUT2D eigenvalue weighted by Gasteiger charge is 2.18. The highest BCUT2D eigenvalue weighted by atomic mass is 16.6. The molecule has 0 bridgehead atoms. The van der Waals surface area contributed by atoms with E-state index < -0.39 is 17.7 Å². The summed E-state index contributed by atoms with van der Waals surface area (Å²) in [7, 11) is 2.95. The van der Waals surface area contributed by atoms with Gasteiger partial charge in [0.2, 0.25) is 5.91 Å². The molecule has 0 aliphatic heterocycles. The van der Waals surface area contributed by atoms with Gasteiger partial charge < -0.3 is 34.9 Å². The van der Waals surface area contributed by atoms with Gasteiger partial charge in [-0.15, -0.1) is 0 Å². The van der Waals surface area contributed by atoms with Crippen molar-refractivity contribution in [3.05, 3.63) is 0 Å². The number of hydrogen-bond acceptors (Lipinski definition) is 8. The Hall–Kier alpha value is -1.91. The number of carbonyl (C=O) groups excluding carboxylic acids is 3. The predicted octanol–water partition coefficient (Wildman–Crippen LogP) is 0.202. The zero-order valence-corrected chi connectivity index (χ0v) is 17.6. The molecule has 0 spiro atoms. The van der Waals surface area contributed by atoms with Crippen molar-refractivity contribution < 1.29 is 33.3 Å². The molecule has 28 heavy (non-hydrogen) atoms. The zero-order chi connectivity index (χ0) is 21.4. The van der Waals surface area contributed by atoms with E-state index >= 15 is 0 Å². The van der Waals surface area contributed by atoms with Crippen molar-refractivity contribution in [1.29, 1.82) is 0 Å². The third-order valence-electron chi connectivity index (χ3n) is 3.35. The molecule has 1 unspecified atom stereocenters. The van der Waals surface area contributed by atoms with Gasteiger partial charge in [-0.3, -0.25) is 9.59 Å². The average Bonchev–Trinajstić information content (AvgIpc) is 2.61. The molecule has 0 radical (unpaired) electrons. The van der Waals surface area contributed by atoms with Gasteiger partial charge in [0.1, 0.15) is 11.6 Å². The van der Waals surface area contributed by atoms with E-state index in [2.05, 4.69) is 20.7 Å². The zero-order valence-electron chi connectivity index (χ0n) is 17.6. The number of alkyl carbamates (subject to hydrolysis) is 1. The molecule has 164 valence electrons. The van der Waals surface area contributed by atoms with Gasteiger partial charge >= 0.3 is 12.1 Å². The standard InChI is InChI=1S/C18H35N3O7/c1-18(2,3)28-17(24)21-9-11-27-13-12-26-10-8-20-15(22)7-6-14(19-4)16(23)25-5/h14,19H,6-13H2,1-5H3,(H,20,22)(H,21,24). The van der Waals surface area contributed by atoms with E-state index in [1.165, 1.54) is 7.11 Å². The third-order valence-corrected chi connectivity index (χ3v) is 3.35. The van der Waals surface area contributed by atoms with Crippen LogP contribution in [0.25, 0.3) is 0 Å². The van der Waals surface area contributed by atoms with Gasteiger partial charge in [0, 0.05) is 19.5 Å². The summed E-state index contributed by atoms with van der Waals surface area (Å²) in [5, 5.41) is 8.11. The molecular formula is C18H35N3O7. The van der Waals surface area contributed by atoms with Gasteiger partial charge in [0.05, 0.1) is 33.5 Å². The van der Waals surface area contributed by atoms with Crippen LogP contribution >= 0.6 is 0 Å². The summed E-state index contributed by atoms with van der Waals surface area (Å²) >= 11 is 0. The van der Waals surface area contributed by atoms with Crippen molar-refractivity contribution in [1.82, 2.24) is 16.0 Å². The van der Waals surface area contributed by atoms with E-state index in [1.807, 2.05) is 0 Å². The van der Waals surface area contributed by atoms with Crippen LogP contribution in [0.1, 0.15) is 33.6 Å². The molecular weight excluding hydrogens is 370 g/mol. The first-order chi connectivity index (χ1) is 13.2. The second-order valence-electron chi connectivity index (χ2n) is 6.91. The molecule has 2 amide bonds. The molecule has 0 aromatic carbocycles. The summed E-state index contributed by atoms with van der Waals surface area (Å²) in [5.74, 6) is -0.544. The van der Waals surface area contributed by atoms with E-state index in [0.717, 1.165) is 0 Å². The average molecular weight is 405 g/mol. The van der Waals surface area contributed by atoms with Crippen LogP contribution in [0.3, 0.4) is 0 Å². The minimum absolute atomic E-state index is 0.155. The number of amides is 2. The Balaban J connectivity index is 3.51. The van der Waals surface area contributed by atoms with Gasteiger partial charge in [-0.25, -0.2) is 4.79 Å². The summed E-state index contributed by atoms with van der Waals surface area (Å²) < 4.78 is 20.4. The van der Waals surface area contributed by atoms with Gasteiger partial charge in [0.15, 0.2) is 0 Å². The van der Waals surface area contributed by atoms with Gasteiger partial charge in [-0.2, -0.15) is 0 Å². The van der Waals surface area contributed by atoms with Gasteiger partial charge in [0.25, 0.3) is 0 Å². The highest BCUT2D eigenvalue weighted by molar-refractivity contribution is 5.79. The minimum Gasteiger partial charge on any atom is -0.468 e. The van der Waals surface area contributed by atoms with Crippen molar-refractivity contribution in [2.75, 3.05) is 53.7 Å². The van der Waals surface area contributed by atoms with Crippen LogP contribution in [0.4, 0.5) is 4.79 Å². The first-order valence-corrected chi connectivity index (χ1v) is 9.33. The number of ether oxygens (including phenoxy) is 4. The van der Waals surface area contributed by atoms with Crippen molar-refractivity contribution >= 4 is 18.0 Å². The second kappa shape index (κ2) is 15.1. The van der Waals surface area contributed by atoms with Crippen molar-refractivity contribution in [2.45, 2.75) is 45.3 Å². The maximum Gasteiger partial charge on any atom is 0.407 e. The molecule has 0 aromatic heterocycles. The van der Waals surface area contributed by atoms with E-state index in [4.69, 9.17) is 14.2 Å². The topological polar surface area (TPSA) is 124 Å². The van der Waals surface area contributed by atoms with Crippen LogP contribution < -0.4 is 16.0 Å². The molecule has 0 aromatic rings. The largest absolute Gasteiger partial charge is 0.468 e. The lowest BCUT2D eigenvalue weighted by Crippen LogP contribution is -2.37. The first kappa shape index (κ1) is 26.1. The van der Waals surface area contributed by atoms with E-state index in [9.17, 15) is 14.4 Å². The van der Waals surface area contributed by atoms with Crippen molar-refractivity contribution in [3.63, 3.8) is 0 Å². The minimum atomic E-state index is -0.524. The lowest BCUT2D eigenvalue weighted by Gasteiger charge is -2.19. The van der Waals surface area contributed by atoms with Gasteiger partial charge in [-0.1, -0.05) is 0 Å². The lowest BCUT2D eigenvalue weighted by molar-refractivity contribution is -0.143. The molecule has 0 aliphatic rings. The Morgan fingerprint density at radius 2 is 1.50 bits per heavy atom. The maximum atomic E-state index is 11.7. The van der Waals surface area contributed by atoms with E-state index in [-0.39, 0.29) is 18.3 Å². The molecule has 0 saturated heterocycles. The Kier molecular flexibility index (Phi) is 14.0. The first-order valence-electron chi connectivity index (χ1n) is 9.33. The van der Waals surface area contributed by atoms with Crippen LogP contribution in [-0.2, 0) is 28.5 Å². The second-order valence-corrected chi connectivity index (χ2v) is 6.91. The van der Waals surface area contributed by atoms with Crippen LogP contribution in [-0.4, -0.2) is 83.3 Å². The van der Waals surface area contributed by atoms with Crippen molar-refractivity contribution in [2.24, 2.45) is 0 Å². The summed E-state index contributed by atoms with van der Waals surface area (Å²) in [6.45, 7) is 7.59. The van der Waals surface area contributed by atoms with Crippen LogP contribution in [0.15, 0.2) is 0 Å². The lowest BCUT2D eigenvalue weighted by atomic mass is 10.1. The molecule has 1 atom stereocenters. The third kappa shape index (κ3) is 15.2. The summed E-state index contributed by atoms with van der Waals surface area (Å²) in [6.07, 6.45) is 0.103. The van der Waals surface area contributed by atoms with Crippen LogP contribution in [0, 0.1) is 0 Å². The maximum absolute atomic E-state index is 11.7. The normalized spacial score (nSPS) is 12.2. The number of nitrogens with one attached hydrogen (secondary N) is 3. The number of hydrogen-bond donors (Lipinski definition) is 3. The summed E-state index contributed by atoms with van der Waals surface area (Å²) in [5.41, 5.74) is -0.524. The number of rotatable bonds is 14. The number of esters is 1. The Labute approximate surface area is 167 Å². The molecule has 10 heteroatoms. The highest BCUT2D eigenvalue weighted by Crippen LogP contribution is 2.06. The fraction of sp³-hybridized carbons (Fsp3) is 0.833. The molecule has 0 aliphatic carbocycles. The van der Waals surface area contributed by atoms with E-state index in [1.54, 1.807) is 27.8 Å². The quantitative estimate of drug-likeness (QED) is 0.277. The van der Waals surface area contributed by atoms with Gasteiger partial charge in [-0.05, 0) is 34.2 Å². The number of methoxy groups -OCH3 is 1. The molecule has 0 saturated carbocycles. The molecule has 0 fully saturated rings. The monoisotopic (exact) mass is 405 g/mol. The summed E-state index contributed by atoms with van der Waals surface area (Å²) in [4.78, 5) is 34.5. The number of carbonyl (C=O) groups is 3. The fourth-order valence-electron chi connectivity index (χ4n) is 2.01.